The Bertz CT molecular complexity index is 268. The van der Waals surface area contributed by atoms with Crippen molar-refractivity contribution in [2.45, 2.75) is 52.6 Å². The number of unbranched alkanes of at least 4 members (excludes halogenated alkanes) is 1. The van der Waals surface area contributed by atoms with Crippen molar-refractivity contribution in [3.05, 3.63) is 18.0 Å². The molecule has 0 amide bonds. The molecule has 0 aromatic carbocycles. The van der Waals surface area contributed by atoms with Gasteiger partial charge in [-0.15, -0.1) is 0 Å². The van der Waals surface area contributed by atoms with Gasteiger partial charge in [0.15, 0.2) is 0 Å². The SMILES string of the molecule is CCNC(C)CCCCn1nccc1C. The third-order valence-corrected chi connectivity index (χ3v) is 2.74. The van der Waals surface area contributed by atoms with E-state index in [9.17, 15) is 0 Å². The summed E-state index contributed by atoms with van der Waals surface area (Å²) in [5, 5.41) is 7.70. The predicted molar refractivity (Wildman–Crippen MR) is 64.0 cm³/mol. The van der Waals surface area contributed by atoms with Crippen molar-refractivity contribution in [3.63, 3.8) is 0 Å². The van der Waals surface area contributed by atoms with Gasteiger partial charge in [-0.25, -0.2) is 0 Å². The minimum Gasteiger partial charge on any atom is -0.315 e. The first-order valence-corrected chi connectivity index (χ1v) is 5.95. The molecule has 86 valence electrons. The van der Waals surface area contributed by atoms with Crippen molar-refractivity contribution >= 4 is 0 Å². The summed E-state index contributed by atoms with van der Waals surface area (Å²) in [6.07, 6.45) is 5.62. The van der Waals surface area contributed by atoms with Gasteiger partial charge in [-0.05, 0) is 39.3 Å². The van der Waals surface area contributed by atoms with Gasteiger partial charge in [0, 0.05) is 24.5 Å². The Morgan fingerprint density at radius 1 is 1.47 bits per heavy atom. The van der Waals surface area contributed by atoms with E-state index < -0.39 is 0 Å². The standard InChI is InChI=1S/C12H23N3/c1-4-13-11(2)7-5-6-10-15-12(3)8-9-14-15/h8-9,11,13H,4-7,10H2,1-3H3. The summed E-state index contributed by atoms with van der Waals surface area (Å²) in [6.45, 7) is 8.64. The Morgan fingerprint density at radius 2 is 2.27 bits per heavy atom. The number of hydrogen-bond acceptors (Lipinski definition) is 2. The average Bonchev–Trinajstić information content (AvgIpc) is 2.60. The van der Waals surface area contributed by atoms with Crippen LogP contribution in [0, 0.1) is 6.92 Å². The first-order chi connectivity index (χ1) is 7.24. The first-order valence-electron chi connectivity index (χ1n) is 5.95. The van der Waals surface area contributed by atoms with Crippen molar-refractivity contribution in [1.29, 1.82) is 0 Å². The van der Waals surface area contributed by atoms with Gasteiger partial charge in [0.2, 0.25) is 0 Å². The molecule has 1 aromatic rings. The molecule has 3 nitrogen and oxygen atoms in total. The van der Waals surface area contributed by atoms with Crippen molar-refractivity contribution in [2.24, 2.45) is 0 Å². The molecule has 15 heavy (non-hydrogen) atoms. The summed E-state index contributed by atoms with van der Waals surface area (Å²) in [6, 6.07) is 2.70. The number of aryl methyl sites for hydroxylation is 2. The van der Waals surface area contributed by atoms with E-state index in [1.165, 1.54) is 25.0 Å². The number of nitrogens with zero attached hydrogens (tertiary/aromatic N) is 2. The van der Waals surface area contributed by atoms with Gasteiger partial charge < -0.3 is 5.32 Å². The molecular formula is C12H23N3. The van der Waals surface area contributed by atoms with Crippen LogP contribution < -0.4 is 5.32 Å². The number of aromatic nitrogens is 2. The molecule has 0 bridgehead atoms. The normalized spacial score (nSPS) is 13.0. The van der Waals surface area contributed by atoms with Crippen LogP contribution in [0.1, 0.15) is 38.8 Å². The lowest BCUT2D eigenvalue weighted by Crippen LogP contribution is -2.25. The van der Waals surface area contributed by atoms with Crippen LogP contribution >= 0.6 is 0 Å². The molecule has 0 saturated carbocycles. The third-order valence-electron chi connectivity index (χ3n) is 2.74. The van der Waals surface area contributed by atoms with Crippen LogP contribution in [0.4, 0.5) is 0 Å². The van der Waals surface area contributed by atoms with E-state index in [1.807, 2.05) is 6.20 Å². The zero-order valence-corrected chi connectivity index (χ0v) is 10.2. The fraction of sp³-hybridized carbons (Fsp3) is 0.750. The fourth-order valence-electron chi connectivity index (χ4n) is 1.80. The predicted octanol–water partition coefficient (Wildman–Crippen LogP) is 2.36. The largest absolute Gasteiger partial charge is 0.315 e. The summed E-state index contributed by atoms with van der Waals surface area (Å²) in [5.74, 6) is 0. The summed E-state index contributed by atoms with van der Waals surface area (Å²) in [7, 11) is 0. The average molecular weight is 209 g/mol. The van der Waals surface area contributed by atoms with Gasteiger partial charge in [0.25, 0.3) is 0 Å². The highest BCUT2D eigenvalue weighted by atomic mass is 15.3. The van der Waals surface area contributed by atoms with E-state index in [0.29, 0.717) is 6.04 Å². The number of nitrogens with one attached hydrogen (secondary N) is 1. The van der Waals surface area contributed by atoms with Crippen molar-refractivity contribution in [3.8, 4) is 0 Å². The minimum absolute atomic E-state index is 0.647. The van der Waals surface area contributed by atoms with Crippen LogP contribution in [0.15, 0.2) is 12.3 Å². The van der Waals surface area contributed by atoms with E-state index in [2.05, 4.69) is 41.9 Å². The van der Waals surface area contributed by atoms with Crippen LogP contribution in [-0.4, -0.2) is 22.4 Å². The molecule has 1 rings (SSSR count). The van der Waals surface area contributed by atoms with Crippen LogP contribution in [-0.2, 0) is 6.54 Å². The monoisotopic (exact) mass is 209 g/mol. The molecule has 0 radical (unpaired) electrons. The lowest BCUT2D eigenvalue weighted by atomic mass is 10.1. The topological polar surface area (TPSA) is 29.9 Å². The molecular weight excluding hydrogens is 186 g/mol. The van der Waals surface area contributed by atoms with Crippen molar-refractivity contribution < 1.29 is 0 Å². The number of rotatable bonds is 7. The summed E-state index contributed by atoms with van der Waals surface area (Å²) < 4.78 is 2.08. The van der Waals surface area contributed by atoms with Gasteiger partial charge in [0.1, 0.15) is 0 Å². The highest BCUT2D eigenvalue weighted by Crippen LogP contribution is 2.04. The molecule has 1 heterocycles. The Kier molecular flexibility index (Phi) is 5.40. The third kappa shape index (κ3) is 4.47. The van der Waals surface area contributed by atoms with Gasteiger partial charge in [-0.1, -0.05) is 13.3 Å². The fourth-order valence-corrected chi connectivity index (χ4v) is 1.80. The molecule has 0 aliphatic heterocycles. The van der Waals surface area contributed by atoms with Crippen LogP contribution in [0.25, 0.3) is 0 Å². The Morgan fingerprint density at radius 3 is 2.87 bits per heavy atom. The summed E-state index contributed by atoms with van der Waals surface area (Å²) >= 11 is 0. The smallest absolute Gasteiger partial charge is 0.0492 e. The molecule has 1 unspecified atom stereocenters. The highest BCUT2D eigenvalue weighted by molar-refractivity contribution is 4.96. The lowest BCUT2D eigenvalue weighted by molar-refractivity contribution is 0.472. The highest BCUT2D eigenvalue weighted by Gasteiger charge is 2.00. The van der Waals surface area contributed by atoms with Gasteiger partial charge in [-0.2, -0.15) is 5.10 Å². The molecule has 0 aliphatic carbocycles. The van der Waals surface area contributed by atoms with Crippen molar-refractivity contribution in [2.75, 3.05) is 6.54 Å². The molecule has 0 spiro atoms. The molecule has 1 N–H and O–H groups in total. The molecule has 0 aliphatic rings. The van der Waals surface area contributed by atoms with Gasteiger partial charge in [-0.3, -0.25) is 4.68 Å². The maximum atomic E-state index is 4.27. The maximum Gasteiger partial charge on any atom is 0.0492 e. The molecule has 0 fully saturated rings. The Balaban J connectivity index is 2.09. The zero-order chi connectivity index (χ0) is 11.1. The summed E-state index contributed by atoms with van der Waals surface area (Å²) in [4.78, 5) is 0. The zero-order valence-electron chi connectivity index (χ0n) is 10.2. The van der Waals surface area contributed by atoms with E-state index in [0.717, 1.165) is 13.1 Å². The van der Waals surface area contributed by atoms with Crippen molar-refractivity contribution in [1.82, 2.24) is 15.1 Å². The second-order valence-corrected chi connectivity index (χ2v) is 4.15. The van der Waals surface area contributed by atoms with E-state index in [4.69, 9.17) is 0 Å². The maximum absolute atomic E-state index is 4.27. The second kappa shape index (κ2) is 6.62. The molecule has 0 saturated heterocycles. The van der Waals surface area contributed by atoms with Gasteiger partial charge >= 0.3 is 0 Å². The van der Waals surface area contributed by atoms with Crippen LogP contribution in [0.2, 0.25) is 0 Å². The molecule has 1 atom stereocenters. The van der Waals surface area contributed by atoms with E-state index in [-0.39, 0.29) is 0 Å². The Hall–Kier alpha value is -0.830. The van der Waals surface area contributed by atoms with E-state index in [1.54, 1.807) is 0 Å². The number of hydrogen-bond donors (Lipinski definition) is 1. The molecule has 1 aromatic heterocycles. The second-order valence-electron chi connectivity index (χ2n) is 4.15. The van der Waals surface area contributed by atoms with Gasteiger partial charge in [0.05, 0.1) is 0 Å². The minimum atomic E-state index is 0.647. The first kappa shape index (κ1) is 12.2. The quantitative estimate of drug-likeness (QED) is 0.699. The van der Waals surface area contributed by atoms with Crippen LogP contribution in [0.5, 0.6) is 0 Å². The summed E-state index contributed by atoms with van der Waals surface area (Å²) in [5.41, 5.74) is 1.26. The van der Waals surface area contributed by atoms with E-state index >= 15 is 0 Å². The van der Waals surface area contributed by atoms with Crippen LogP contribution in [0.3, 0.4) is 0 Å². The lowest BCUT2D eigenvalue weighted by Gasteiger charge is -2.11. The molecule has 3 heteroatoms. The Labute approximate surface area is 92.9 Å².